The van der Waals surface area contributed by atoms with E-state index in [-0.39, 0.29) is 11.7 Å². The van der Waals surface area contributed by atoms with Crippen LogP contribution in [0.25, 0.3) is 0 Å². The lowest BCUT2D eigenvalue weighted by atomic mass is 10.2. The Morgan fingerprint density at radius 2 is 2.28 bits per heavy atom. The third-order valence-corrected chi connectivity index (χ3v) is 3.14. The zero-order valence-corrected chi connectivity index (χ0v) is 10.7. The molecule has 2 rings (SSSR count). The first-order valence-corrected chi connectivity index (χ1v) is 6.47. The molecule has 1 aliphatic carbocycles. The maximum Gasteiger partial charge on any atom is 0.240 e. The second-order valence-electron chi connectivity index (χ2n) is 4.69. The molecule has 4 heteroatoms. The zero-order chi connectivity index (χ0) is 13.0. The zero-order valence-electron chi connectivity index (χ0n) is 10.7. The van der Waals surface area contributed by atoms with E-state index in [0.29, 0.717) is 18.8 Å². The maximum absolute atomic E-state index is 13.1. The Kier molecular flexibility index (Phi) is 4.31. The number of nitrogens with one attached hydrogen (secondary N) is 1. The third kappa shape index (κ3) is 3.53. The summed E-state index contributed by atoms with van der Waals surface area (Å²) in [5, 5.41) is 3.16. The second-order valence-corrected chi connectivity index (χ2v) is 4.69. The topological polar surface area (TPSA) is 32.3 Å². The standard InChI is InChI=1S/C14H19FN2O/c1-2-17(13-5-3-4-12(15)8-13)14(18)10-16-9-11-6-7-11/h3-5,8,11,16H,2,6-7,9-10H2,1H3. The number of rotatable bonds is 6. The van der Waals surface area contributed by atoms with Gasteiger partial charge >= 0.3 is 0 Å². The van der Waals surface area contributed by atoms with Gasteiger partial charge in [-0.15, -0.1) is 0 Å². The van der Waals surface area contributed by atoms with Crippen LogP contribution in [0.2, 0.25) is 0 Å². The average Bonchev–Trinajstić information content (AvgIpc) is 3.14. The molecule has 0 atom stereocenters. The van der Waals surface area contributed by atoms with E-state index in [9.17, 15) is 9.18 Å². The average molecular weight is 250 g/mol. The van der Waals surface area contributed by atoms with Crippen molar-refractivity contribution in [2.75, 3.05) is 24.5 Å². The first-order valence-electron chi connectivity index (χ1n) is 6.47. The number of hydrogen-bond donors (Lipinski definition) is 1. The lowest BCUT2D eigenvalue weighted by Gasteiger charge is -2.21. The molecular formula is C14H19FN2O. The van der Waals surface area contributed by atoms with Crippen molar-refractivity contribution in [3.8, 4) is 0 Å². The van der Waals surface area contributed by atoms with Gasteiger partial charge in [0.05, 0.1) is 6.54 Å². The molecule has 0 aromatic heterocycles. The summed E-state index contributed by atoms with van der Waals surface area (Å²) >= 11 is 0. The van der Waals surface area contributed by atoms with Gasteiger partial charge in [0.15, 0.2) is 0 Å². The molecule has 1 N–H and O–H groups in total. The molecular weight excluding hydrogens is 231 g/mol. The van der Waals surface area contributed by atoms with Crippen LogP contribution in [-0.4, -0.2) is 25.5 Å². The van der Waals surface area contributed by atoms with E-state index >= 15 is 0 Å². The molecule has 18 heavy (non-hydrogen) atoms. The molecule has 1 aliphatic rings. The second kappa shape index (κ2) is 5.96. The van der Waals surface area contributed by atoms with E-state index in [0.717, 1.165) is 12.5 Å². The normalized spacial score (nSPS) is 14.6. The molecule has 0 radical (unpaired) electrons. The van der Waals surface area contributed by atoms with Gasteiger partial charge in [-0.2, -0.15) is 0 Å². The van der Waals surface area contributed by atoms with E-state index < -0.39 is 0 Å². The third-order valence-electron chi connectivity index (χ3n) is 3.14. The van der Waals surface area contributed by atoms with Crippen LogP contribution in [0, 0.1) is 11.7 Å². The minimum atomic E-state index is -0.315. The quantitative estimate of drug-likeness (QED) is 0.839. The number of halogens is 1. The molecule has 0 spiro atoms. The largest absolute Gasteiger partial charge is 0.311 e. The summed E-state index contributed by atoms with van der Waals surface area (Å²) < 4.78 is 13.1. The minimum Gasteiger partial charge on any atom is -0.311 e. The van der Waals surface area contributed by atoms with Crippen LogP contribution in [0.3, 0.4) is 0 Å². The van der Waals surface area contributed by atoms with Gasteiger partial charge in [0.1, 0.15) is 5.82 Å². The Balaban J connectivity index is 1.91. The fourth-order valence-corrected chi connectivity index (χ4v) is 1.95. The highest BCUT2D eigenvalue weighted by Crippen LogP contribution is 2.27. The summed E-state index contributed by atoms with van der Waals surface area (Å²) in [6, 6.07) is 6.15. The van der Waals surface area contributed by atoms with Crippen molar-refractivity contribution in [1.29, 1.82) is 0 Å². The van der Waals surface area contributed by atoms with Gasteiger partial charge in [-0.3, -0.25) is 4.79 Å². The number of anilines is 1. The lowest BCUT2D eigenvalue weighted by molar-refractivity contribution is -0.117. The first-order chi connectivity index (χ1) is 8.70. The Morgan fingerprint density at radius 1 is 1.50 bits per heavy atom. The van der Waals surface area contributed by atoms with E-state index in [2.05, 4.69) is 5.32 Å². The van der Waals surface area contributed by atoms with Gasteiger partial charge in [-0.1, -0.05) is 6.07 Å². The van der Waals surface area contributed by atoms with Crippen LogP contribution < -0.4 is 10.2 Å². The number of carbonyl (C=O) groups excluding carboxylic acids is 1. The summed E-state index contributed by atoms with van der Waals surface area (Å²) in [5.74, 6) is 0.426. The van der Waals surface area contributed by atoms with Gasteiger partial charge in [0.2, 0.25) is 5.91 Å². The van der Waals surface area contributed by atoms with Crippen molar-refractivity contribution in [3.05, 3.63) is 30.1 Å². The molecule has 0 saturated heterocycles. The van der Waals surface area contributed by atoms with Crippen LogP contribution >= 0.6 is 0 Å². The van der Waals surface area contributed by atoms with Gasteiger partial charge in [-0.25, -0.2) is 4.39 Å². The van der Waals surface area contributed by atoms with Crippen LogP contribution in [-0.2, 0) is 4.79 Å². The number of amides is 1. The summed E-state index contributed by atoms with van der Waals surface area (Å²) in [7, 11) is 0. The van der Waals surface area contributed by atoms with Crippen LogP contribution in [0.15, 0.2) is 24.3 Å². The predicted octanol–water partition coefficient (Wildman–Crippen LogP) is 2.18. The minimum absolute atomic E-state index is 0.0104. The fraction of sp³-hybridized carbons (Fsp3) is 0.500. The molecule has 0 aliphatic heterocycles. The van der Waals surface area contributed by atoms with Crippen molar-refractivity contribution >= 4 is 11.6 Å². The molecule has 0 bridgehead atoms. The molecule has 0 unspecified atom stereocenters. The Labute approximate surface area is 107 Å². The van der Waals surface area contributed by atoms with Crippen molar-refractivity contribution in [2.24, 2.45) is 5.92 Å². The van der Waals surface area contributed by atoms with E-state index in [1.807, 2.05) is 6.92 Å². The number of benzene rings is 1. The molecule has 1 saturated carbocycles. The van der Waals surface area contributed by atoms with Gasteiger partial charge in [0.25, 0.3) is 0 Å². The Morgan fingerprint density at radius 3 is 2.89 bits per heavy atom. The Bertz CT molecular complexity index is 418. The van der Waals surface area contributed by atoms with Crippen molar-refractivity contribution < 1.29 is 9.18 Å². The number of nitrogens with zero attached hydrogens (tertiary/aromatic N) is 1. The summed E-state index contributed by atoms with van der Waals surface area (Å²) in [6.45, 7) is 3.67. The molecule has 1 aromatic carbocycles. The van der Waals surface area contributed by atoms with Crippen molar-refractivity contribution in [3.63, 3.8) is 0 Å². The van der Waals surface area contributed by atoms with Gasteiger partial charge in [-0.05, 0) is 50.4 Å². The van der Waals surface area contributed by atoms with E-state index in [4.69, 9.17) is 0 Å². The smallest absolute Gasteiger partial charge is 0.240 e. The molecule has 1 amide bonds. The first kappa shape index (κ1) is 13.0. The van der Waals surface area contributed by atoms with Crippen LogP contribution in [0.5, 0.6) is 0 Å². The Hall–Kier alpha value is -1.42. The van der Waals surface area contributed by atoms with Crippen LogP contribution in [0.1, 0.15) is 19.8 Å². The monoisotopic (exact) mass is 250 g/mol. The van der Waals surface area contributed by atoms with Crippen LogP contribution in [0.4, 0.5) is 10.1 Å². The highest BCUT2D eigenvalue weighted by Gasteiger charge is 2.21. The number of hydrogen-bond acceptors (Lipinski definition) is 2. The summed E-state index contributed by atoms with van der Waals surface area (Å²) in [5.41, 5.74) is 0.621. The highest BCUT2D eigenvalue weighted by atomic mass is 19.1. The van der Waals surface area contributed by atoms with Crippen molar-refractivity contribution in [2.45, 2.75) is 19.8 Å². The molecule has 1 fully saturated rings. The molecule has 0 heterocycles. The summed E-state index contributed by atoms with van der Waals surface area (Å²) in [4.78, 5) is 13.6. The molecule has 3 nitrogen and oxygen atoms in total. The maximum atomic E-state index is 13.1. The van der Waals surface area contributed by atoms with E-state index in [1.54, 1.807) is 17.0 Å². The highest BCUT2D eigenvalue weighted by molar-refractivity contribution is 5.94. The summed E-state index contributed by atoms with van der Waals surface area (Å²) in [6.07, 6.45) is 2.53. The van der Waals surface area contributed by atoms with Crippen molar-refractivity contribution in [1.82, 2.24) is 5.32 Å². The molecule has 98 valence electrons. The van der Waals surface area contributed by atoms with Gasteiger partial charge in [0, 0.05) is 12.2 Å². The lowest BCUT2D eigenvalue weighted by Crippen LogP contribution is -2.38. The molecule has 1 aromatic rings. The van der Waals surface area contributed by atoms with Gasteiger partial charge < -0.3 is 10.2 Å². The SMILES string of the molecule is CCN(C(=O)CNCC1CC1)c1cccc(F)c1. The number of carbonyl (C=O) groups is 1. The predicted molar refractivity (Wildman–Crippen MR) is 70.0 cm³/mol. The number of likely N-dealkylation sites (N-methyl/N-ethyl adjacent to an activating group) is 1. The fourth-order valence-electron chi connectivity index (χ4n) is 1.95. The van der Waals surface area contributed by atoms with E-state index in [1.165, 1.54) is 25.0 Å².